The summed E-state index contributed by atoms with van der Waals surface area (Å²) in [5.41, 5.74) is 6.63. The van der Waals surface area contributed by atoms with Crippen LogP contribution in [0.2, 0.25) is 0 Å². The van der Waals surface area contributed by atoms with Crippen LogP contribution in [0.4, 0.5) is 0 Å². The van der Waals surface area contributed by atoms with Crippen molar-refractivity contribution in [2.45, 2.75) is 19.4 Å². The van der Waals surface area contributed by atoms with E-state index < -0.39 is 0 Å². The Labute approximate surface area is 165 Å². The molecular formula is C20H30N4O4+2. The molecule has 1 aromatic carbocycles. The average molecular weight is 390 g/mol. The number of carbonyl (C=O) groups is 2. The van der Waals surface area contributed by atoms with Crippen molar-refractivity contribution in [2.75, 3.05) is 52.6 Å². The number of nitrogens with two attached hydrogens (primary N) is 1. The molecular weight excluding hydrogens is 360 g/mol. The summed E-state index contributed by atoms with van der Waals surface area (Å²) in [4.78, 5) is 28.6. The van der Waals surface area contributed by atoms with Crippen LogP contribution < -0.4 is 25.0 Å². The number of carbonyl (C=O) groups excluding carboxylic acids is 2. The van der Waals surface area contributed by atoms with Crippen LogP contribution >= 0.6 is 0 Å². The molecule has 4 rings (SSSR count). The zero-order valence-electron chi connectivity index (χ0n) is 16.2. The number of primary amides is 1. The van der Waals surface area contributed by atoms with Crippen LogP contribution in [-0.4, -0.2) is 69.3 Å². The molecule has 2 fully saturated rings. The lowest BCUT2D eigenvalue weighted by Crippen LogP contribution is -3.28. The average Bonchev–Trinajstić information content (AvgIpc) is 3.17. The normalized spacial score (nSPS) is 24.9. The minimum atomic E-state index is -0.237. The highest BCUT2D eigenvalue weighted by Crippen LogP contribution is 2.32. The largest absolute Gasteiger partial charge is 0.454 e. The molecule has 8 heteroatoms. The maximum absolute atomic E-state index is 12.6. The smallest absolute Gasteiger partial charge is 0.277 e. The third-order valence-corrected chi connectivity index (χ3v) is 6.21. The third-order valence-electron chi connectivity index (χ3n) is 6.21. The summed E-state index contributed by atoms with van der Waals surface area (Å²) in [5.74, 6) is 1.56. The number of piperidine rings is 1. The molecule has 2 saturated heterocycles. The van der Waals surface area contributed by atoms with E-state index in [-0.39, 0.29) is 17.7 Å². The van der Waals surface area contributed by atoms with E-state index >= 15 is 0 Å². The van der Waals surface area contributed by atoms with E-state index in [2.05, 4.69) is 12.1 Å². The van der Waals surface area contributed by atoms with Crippen LogP contribution in [-0.2, 0) is 16.1 Å². The van der Waals surface area contributed by atoms with Crippen molar-refractivity contribution in [1.82, 2.24) is 4.90 Å². The maximum atomic E-state index is 12.6. The van der Waals surface area contributed by atoms with Gasteiger partial charge in [0.2, 0.25) is 12.7 Å². The second-order valence-corrected chi connectivity index (χ2v) is 8.10. The summed E-state index contributed by atoms with van der Waals surface area (Å²) in [5, 5.41) is 0. The van der Waals surface area contributed by atoms with Gasteiger partial charge in [-0.15, -0.1) is 0 Å². The molecule has 0 aromatic heterocycles. The van der Waals surface area contributed by atoms with Gasteiger partial charge in [-0.2, -0.15) is 0 Å². The van der Waals surface area contributed by atoms with Gasteiger partial charge in [0.15, 0.2) is 18.0 Å². The first kappa shape index (κ1) is 19.0. The second kappa shape index (κ2) is 8.36. The molecule has 4 N–H and O–H groups in total. The number of hydrogen-bond donors (Lipinski definition) is 3. The van der Waals surface area contributed by atoms with Crippen LogP contribution in [0.5, 0.6) is 11.5 Å². The highest BCUT2D eigenvalue weighted by Gasteiger charge is 2.30. The molecule has 152 valence electrons. The van der Waals surface area contributed by atoms with E-state index in [0.29, 0.717) is 39.3 Å². The standard InChI is InChI=1S/C20H28N4O4/c21-20(26)16-3-5-24(6-4-16)19(25)13-23-9-7-22(8-10-23)12-15-1-2-17-18(11-15)28-14-27-17/h1-2,11,16H,3-10,12-14H2,(H2,21,26)/p+2. The molecule has 1 aromatic rings. The number of rotatable bonds is 5. The fourth-order valence-corrected chi connectivity index (χ4v) is 4.39. The van der Waals surface area contributed by atoms with Gasteiger partial charge in [0.05, 0.1) is 0 Å². The van der Waals surface area contributed by atoms with Crippen LogP contribution in [0.1, 0.15) is 18.4 Å². The van der Waals surface area contributed by atoms with E-state index in [4.69, 9.17) is 15.2 Å². The Morgan fingerprint density at radius 2 is 1.71 bits per heavy atom. The van der Waals surface area contributed by atoms with Gasteiger partial charge in [-0.25, -0.2) is 0 Å². The molecule has 3 aliphatic rings. The van der Waals surface area contributed by atoms with Crippen molar-refractivity contribution in [2.24, 2.45) is 11.7 Å². The Morgan fingerprint density at radius 1 is 1.04 bits per heavy atom. The molecule has 0 aliphatic carbocycles. The molecule has 8 nitrogen and oxygen atoms in total. The topological polar surface area (TPSA) is 90.7 Å². The zero-order valence-corrected chi connectivity index (χ0v) is 16.2. The lowest BCUT2D eigenvalue weighted by molar-refractivity contribution is -1.02. The summed E-state index contributed by atoms with van der Waals surface area (Å²) in [6, 6.07) is 6.17. The number of nitrogens with one attached hydrogen (secondary N) is 2. The molecule has 3 aliphatic heterocycles. The third kappa shape index (κ3) is 4.39. The van der Waals surface area contributed by atoms with E-state index in [9.17, 15) is 9.59 Å². The summed E-state index contributed by atoms with van der Waals surface area (Å²) >= 11 is 0. The minimum Gasteiger partial charge on any atom is -0.454 e. The van der Waals surface area contributed by atoms with Crippen LogP contribution in [0, 0.1) is 5.92 Å². The lowest BCUT2D eigenvalue weighted by Gasteiger charge is -2.33. The van der Waals surface area contributed by atoms with Gasteiger partial charge in [0.1, 0.15) is 32.7 Å². The zero-order chi connectivity index (χ0) is 19.5. The van der Waals surface area contributed by atoms with E-state index in [1.165, 1.54) is 15.4 Å². The molecule has 3 heterocycles. The number of fused-ring (bicyclic) bond motifs is 1. The van der Waals surface area contributed by atoms with Crippen LogP contribution in [0.25, 0.3) is 0 Å². The molecule has 0 spiro atoms. The van der Waals surface area contributed by atoms with Gasteiger partial charge in [-0.3, -0.25) is 9.59 Å². The first-order valence-electron chi connectivity index (χ1n) is 10.2. The number of ether oxygens (including phenoxy) is 2. The van der Waals surface area contributed by atoms with Crippen molar-refractivity contribution >= 4 is 11.8 Å². The summed E-state index contributed by atoms with van der Waals surface area (Å²) in [7, 11) is 0. The van der Waals surface area contributed by atoms with Crippen molar-refractivity contribution < 1.29 is 28.9 Å². The number of benzene rings is 1. The number of hydrogen-bond acceptors (Lipinski definition) is 4. The van der Waals surface area contributed by atoms with Crippen molar-refractivity contribution in [3.8, 4) is 11.5 Å². The van der Waals surface area contributed by atoms with Crippen molar-refractivity contribution in [3.05, 3.63) is 23.8 Å². The molecule has 28 heavy (non-hydrogen) atoms. The Morgan fingerprint density at radius 3 is 2.43 bits per heavy atom. The summed E-state index contributed by atoms with van der Waals surface area (Å²) in [6.07, 6.45) is 1.40. The number of likely N-dealkylation sites (tertiary alicyclic amines) is 1. The van der Waals surface area contributed by atoms with E-state index in [1.54, 1.807) is 0 Å². The number of piperazine rings is 1. The quantitative estimate of drug-likeness (QED) is 0.515. The van der Waals surface area contributed by atoms with Crippen LogP contribution in [0.3, 0.4) is 0 Å². The van der Waals surface area contributed by atoms with Gasteiger partial charge < -0.3 is 29.9 Å². The summed E-state index contributed by atoms with van der Waals surface area (Å²) < 4.78 is 10.8. The first-order valence-corrected chi connectivity index (χ1v) is 10.2. The molecule has 0 saturated carbocycles. The Kier molecular flexibility index (Phi) is 5.68. The van der Waals surface area contributed by atoms with Crippen molar-refractivity contribution in [1.29, 1.82) is 0 Å². The number of nitrogens with zero attached hydrogens (tertiary/aromatic N) is 1. The molecule has 2 amide bonds. The van der Waals surface area contributed by atoms with Crippen LogP contribution in [0.15, 0.2) is 18.2 Å². The molecule has 0 atom stereocenters. The predicted molar refractivity (Wildman–Crippen MR) is 101 cm³/mol. The Bertz CT molecular complexity index is 725. The lowest BCUT2D eigenvalue weighted by atomic mass is 9.96. The molecule has 0 bridgehead atoms. The molecule has 0 radical (unpaired) electrons. The Balaban J connectivity index is 1.20. The number of quaternary nitrogens is 2. The fraction of sp³-hybridized carbons (Fsp3) is 0.600. The number of amides is 2. The Hall–Kier alpha value is -2.32. The second-order valence-electron chi connectivity index (χ2n) is 8.10. The first-order chi connectivity index (χ1) is 13.6. The predicted octanol–water partition coefficient (Wildman–Crippen LogP) is -2.58. The van der Waals surface area contributed by atoms with Gasteiger partial charge in [-0.05, 0) is 31.0 Å². The summed E-state index contributed by atoms with van der Waals surface area (Å²) in [6.45, 7) is 7.26. The molecule has 0 unspecified atom stereocenters. The van der Waals surface area contributed by atoms with E-state index in [0.717, 1.165) is 44.2 Å². The highest BCUT2D eigenvalue weighted by molar-refractivity contribution is 5.79. The SMILES string of the molecule is NC(=O)C1CCN(C(=O)C[NH+]2CC[NH+](Cc3ccc4c(c3)OCO4)CC2)CC1. The highest BCUT2D eigenvalue weighted by atomic mass is 16.7. The maximum Gasteiger partial charge on any atom is 0.277 e. The van der Waals surface area contributed by atoms with Gasteiger partial charge in [0, 0.05) is 24.6 Å². The fourth-order valence-electron chi connectivity index (χ4n) is 4.39. The minimum absolute atomic E-state index is 0.0697. The van der Waals surface area contributed by atoms with Gasteiger partial charge in [-0.1, -0.05) is 0 Å². The monoisotopic (exact) mass is 390 g/mol. The van der Waals surface area contributed by atoms with E-state index in [1.807, 2.05) is 11.0 Å². The van der Waals surface area contributed by atoms with Crippen molar-refractivity contribution in [3.63, 3.8) is 0 Å². The van der Waals surface area contributed by atoms with Gasteiger partial charge >= 0.3 is 0 Å². The van der Waals surface area contributed by atoms with Gasteiger partial charge in [0.25, 0.3) is 5.91 Å².